The first kappa shape index (κ1) is 6.21. The first-order valence-electron chi connectivity index (χ1n) is 3.21. The van der Waals surface area contributed by atoms with E-state index in [-0.39, 0.29) is 0 Å². The molecular weight excluding hydrogens is 116 g/mol. The third kappa shape index (κ3) is 1.55. The molecule has 0 saturated carbocycles. The Bertz CT molecular complexity index is 86.4. The highest BCUT2D eigenvalue weighted by atomic mass is 32.2. The fraction of sp³-hybridized carbons (Fsp3) is 0.714. The number of hydrogen-bond acceptors (Lipinski definition) is 1. The van der Waals surface area contributed by atoms with Crippen molar-refractivity contribution in [1.29, 1.82) is 0 Å². The minimum absolute atomic E-state index is 0.823. The van der Waals surface area contributed by atoms with Crippen molar-refractivity contribution < 1.29 is 0 Å². The Balaban J connectivity index is 2.32. The second kappa shape index (κ2) is 3.18. The summed E-state index contributed by atoms with van der Waals surface area (Å²) in [6.45, 7) is 2.24. The normalized spacial score (nSPS) is 28.4. The molecule has 0 amide bonds. The second-order valence-corrected chi connectivity index (χ2v) is 3.38. The predicted molar refractivity (Wildman–Crippen MR) is 40.3 cm³/mol. The molecule has 0 fully saturated rings. The van der Waals surface area contributed by atoms with Crippen LogP contribution in [0.2, 0.25) is 0 Å². The molecule has 1 aliphatic heterocycles. The number of thioether (sulfide) groups is 1. The third-order valence-electron chi connectivity index (χ3n) is 1.37. The zero-order valence-corrected chi connectivity index (χ0v) is 6.08. The van der Waals surface area contributed by atoms with Crippen LogP contribution in [0.3, 0.4) is 0 Å². The van der Waals surface area contributed by atoms with Crippen molar-refractivity contribution >= 4 is 11.8 Å². The average Bonchev–Trinajstić information content (AvgIpc) is 1.90. The topological polar surface area (TPSA) is 0 Å². The van der Waals surface area contributed by atoms with Crippen LogP contribution in [0, 0.1) is 0 Å². The lowest BCUT2D eigenvalue weighted by molar-refractivity contribution is 0.955. The monoisotopic (exact) mass is 128 g/mol. The molecule has 0 aromatic carbocycles. The molecule has 1 rings (SSSR count). The van der Waals surface area contributed by atoms with Gasteiger partial charge in [0.25, 0.3) is 0 Å². The van der Waals surface area contributed by atoms with Crippen molar-refractivity contribution in [2.45, 2.75) is 25.0 Å². The highest BCUT2D eigenvalue weighted by molar-refractivity contribution is 8.00. The van der Waals surface area contributed by atoms with Crippen LogP contribution in [-0.4, -0.2) is 11.0 Å². The summed E-state index contributed by atoms with van der Waals surface area (Å²) in [5.74, 6) is 1.33. The molecular formula is C7H12S. The third-order valence-corrected chi connectivity index (χ3v) is 2.76. The van der Waals surface area contributed by atoms with Crippen LogP contribution in [0.1, 0.15) is 19.8 Å². The van der Waals surface area contributed by atoms with Gasteiger partial charge in [-0.05, 0) is 18.6 Å². The molecule has 8 heavy (non-hydrogen) atoms. The lowest BCUT2D eigenvalue weighted by Crippen LogP contribution is -2.00. The largest absolute Gasteiger partial charge is 0.154 e. The molecule has 0 nitrogen and oxygen atoms in total. The van der Waals surface area contributed by atoms with E-state index in [9.17, 15) is 0 Å². The van der Waals surface area contributed by atoms with Gasteiger partial charge in [-0.15, -0.1) is 0 Å². The van der Waals surface area contributed by atoms with Crippen LogP contribution in [-0.2, 0) is 0 Å². The molecule has 0 saturated heterocycles. The summed E-state index contributed by atoms with van der Waals surface area (Å²) in [5, 5.41) is 0.823. The van der Waals surface area contributed by atoms with E-state index in [0.717, 1.165) is 5.25 Å². The van der Waals surface area contributed by atoms with E-state index in [2.05, 4.69) is 30.8 Å². The van der Waals surface area contributed by atoms with Gasteiger partial charge in [-0.25, -0.2) is 0 Å². The zero-order valence-electron chi connectivity index (χ0n) is 5.26. The standard InChI is InChI=1S/C7H12S/c1-2-7-5-3-4-6-8-7/h3,5,7H,2,4,6H2,1H3. The molecule has 0 spiro atoms. The zero-order chi connectivity index (χ0) is 5.82. The fourth-order valence-electron chi connectivity index (χ4n) is 0.845. The molecule has 46 valence electrons. The van der Waals surface area contributed by atoms with Gasteiger partial charge in [0.1, 0.15) is 0 Å². The van der Waals surface area contributed by atoms with E-state index in [4.69, 9.17) is 0 Å². The Morgan fingerprint density at radius 3 is 3.00 bits per heavy atom. The molecule has 1 unspecified atom stereocenters. The molecule has 1 heteroatoms. The van der Waals surface area contributed by atoms with Gasteiger partial charge in [0, 0.05) is 5.25 Å². The first-order valence-corrected chi connectivity index (χ1v) is 4.26. The van der Waals surface area contributed by atoms with Crippen LogP contribution >= 0.6 is 11.8 Å². The minimum Gasteiger partial charge on any atom is -0.154 e. The quantitative estimate of drug-likeness (QED) is 0.489. The van der Waals surface area contributed by atoms with Gasteiger partial charge < -0.3 is 0 Å². The van der Waals surface area contributed by atoms with E-state index < -0.39 is 0 Å². The molecule has 0 N–H and O–H groups in total. The van der Waals surface area contributed by atoms with Crippen LogP contribution in [0.4, 0.5) is 0 Å². The summed E-state index contributed by atoms with van der Waals surface area (Å²) >= 11 is 2.08. The van der Waals surface area contributed by atoms with Crippen LogP contribution in [0.25, 0.3) is 0 Å². The second-order valence-electron chi connectivity index (χ2n) is 2.03. The number of allylic oxidation sites excluding steroid dienone is 1. The Labute approximate surface area is 55.4 Å². The van der Waals surface area contributed by atoms with Gasteiger partial charge in [-0.1, -0.05) is 19.1 Å². The molecule has 0 aliphatic carbocycles. The summed E-state index contributed by atoms with van der Waals surface area (Å²) in [6, 6.07) is 0. The number of rotatable bonds is 1. The van der Waals surface area contributed by atoms with Crippen LogP contribution < -0.4 is 0 Å². The summed E-state index contributed by atoms with van der Waals surface area (Å²) in [4.78, 5) is 0. The van der Waals surface area contributed by atoms with Crippen molar-refractivity contribution in [3.05, 3.63) is 12.2 Å². The maximum absolute atomic E-state index is 2.33. The predicted octanol–water partition coefficient (Wildman–Crippen LogP) is 2.46. The Hall–Kier alpha value is 0.0900. The number of hydrogen-bond donors (Lipinski definition) is 0. The fourth-order valence-corrected chi connectivity index (χ4v) is 1.88. The van der Waals surface area contributed by atoms with E-state index in [0.29, 0.717) is 0 Å². The molecule has 0 radical (unpaired) electrons. The lowest BCUT2D eigenvalue weighted by Gasteiger charge is -2.12. The Kier molecular flexibility index (Phi) is 2.47. The summed E-state index contributed by atoms with van der Waals surface area (Å²) in [6.07, 6.45) is 7.20. The molecule has 0 bridgehead atoms. The highest BCUT2D eigenvalue weighted by Crippen LogP contribution is 2.20. The van der Waals surface area contributed by atoms with Crippen molar-refractivity contribution in [3.8, 4) is 0 Å². The molecule has 1 aliphatic rings. The summed E-state index contributed by atoms with van der Waals surface area (Å²) < 4.78 is 0. The van der Waals surface area contributed by atoms with Gasteiger partial charge in [0.2, 0.25) is 0 Å². The van der Waals surface area contributed by atoms with Gasteiger partial charge in [-0.3, -0.25) is 0 Å². The molecule has 0 aromatic heterocycles. The summed E-state index contributed by atoms with van der Waals surface area (Å²) in [7, 11) is 0. The van der Waals surface area contributed by atoms with Gasteiger partial charge in [0.05, 0.1) is 0 Å². The minimum atomic E-state index is 0.823. The summed E-state index contributed by atoms with van der Waals surface area (Å²) in [5.41, 5.74) is 0. The molecule has 1 atom stereocenters. The van der Waals surface area contributed by atoms with Crippen molar-refractivity contribution in [2.24, 2.45) is 0 Å². The maximum atomic E-state index is 2.33. The Morgan fingerprint density at radius 2 is 2.62 bits per heavy atom. The van der Waals surface area contributed by atoms with E-state index in [1.165, 1.54) is 18.6 Å². The lowest BCUT2D eigenvalue weighted by atomic mass is 10.3. The highest BCUT2D eigenvalue weighted by Gasteiger charge is 2.03. The Morgan fingerprint density at radius 1 is 1.75 bits per heavy atom. The smallest absolute Gasteiger partial charge is 0.0224 e. The maximum Gasteiger partial charge on any atom is 0.0224 e. The van der Waals surface area contributed by atoms with Crippen LogP contribution in [0.5, 0.6) is 0 Å². The van der Waals surface area contributed by atoms with E-state index >= 15 is 0 Å². The van der Waals surface area contributed by atoms with Crippen LogP contribution in [0.15, 0.2) is 12.2 Å². The SMILES string of the molecule is CCC1C=CCCS1. The molecule has 1 heterocycles. The first-order chi connectivity index (χ1) is 3.93. The van der Waals surface area contributed by atoms with Crippen molar-refractivity contribution in [1.82, 2.24) is 0 Å². The average molecular weight is 128 g/mol. The van der Waals surface area contributed by atoms with Gasteiger partial charge in [0.15, 0.2) is 0 Å². The van der Waals surface area contributed by atoms with Gasteiger partial charge in [-0.2, -0.15) is 11.8 Å². The van der Waals surface area contributed by atoms with Gasteiger partial charge >= 0.3 is 0 Å². The molecule has 0 aromatic rings. The van der Waals surface area contributed by atoms with E-state index in [1.54, 1.807) is 0 Å². The van der Waals surface area contributed by atoms with E-state index in [1.807, 2.05) is 0 Å². The van der Waals surface area contributed by atoms with Crippen molar-refractivity contribution in [3.63, 3.8) is 0 Å². The van der Waals surface area contributed by atoms with Crippen molar-refractivity contribution in [2.75, 3.05) is 5.75 Å².